The van der Waals surface area contributed by atoms with E-state index in [-0.39, 0.29) is 9.47 Å². The number of halogens is 1. The second-order valence-corrected chi connectivity index (χ2v) is 10.7. The minimum Gasteiger partial charge on any atom is -0.341 e. The topological polar surface area (TPSA) is 106 Å². The molecule has 2 N–H and O–H groups in total. The van der Waals surface area contributed by atoms with Crippen molar-refractivity contribution in [3.8, 4) is 0 Å². The second-order valence-electron chi connectivity index (χ2n) is 7.43. The van der Waals surface area contributed by atoms with E-state index in [1.807, 2.05) is 36.4 Å². The molecule has 0 spiro atoms. The molecule has 0 unspecified atom stereocenters. The molecule has 8 nitrogen and oxygen atoms in total. The summed E-state index contributed by atoms with van der Waals surface area (Å²) in [6, 6.07) is 19.7. The largest absolute Gasteiger partial charge is 0.341 e. The van der Waals surface area contributed by atoms with E-state index in [9.17, 15) is 13.2 Å². The quantitative estimate of drug-likeness (QED) is 0.298. The molecule has 3 aromatic carbocycles. The third kappa shape index (κ3) is 4.11. The van der Waals surface area contributed by atoms with Gasteiger partial charge in [0.15, 0.2) is 0 Å². The monoisotopic (exact) mass is 511 g/mol. The Morgan fingerprint density at radius 1 is 1.00 bits per heavy atom. The van der Waals surface area contributed by atoms with Crippen molar-refractivity contribution < 1.29 is 13.2 Å². The second kappa shape index (κ2) is 8.71. The molecular formula is C23H18ClN5O3S2. The van der Waals surface area contributed by atoms with Gasteiger partial charge in [-0.05, 0) is 55.5 Å². The van der Waals surface area contributed by atoms with Gasteiger partial charge in [0.1, 0.15) is 0 Å². The zero-order valence-electron chi connectivity index (χ0n) is 17.8. The van der Waals surface area contributed by atoms with E-state index >= 15 is 0 Å². The minimum atomic E-state index is -4.00. The van der Waals surface area contributed by atoms with Crippen molar-refractivity contribution in [2.24, 2.45) is 0 Å². The first-order chi connectivity index (χ1) is 16.4. The number of hydrogen-bond acceptors (Lipinski definition) is 6. The maximum atomic E-state index is 12.9. The maximum Gasteiger partial charge on any atom is 0.291 e. The summed E-state index contributed by atoms with van der Waals surface area (Å²) in [4.78, 5) is 12.4. The van der Waals surface area contributed by atoms with Crippen LogP contribution >= 0.6 is 22.9 Å². The third-order valence-corrected chi connectivity index (χ3v) is 8.14. The Labute approximate surface area is 204 Å². The number of carbonyl (C=O) groups excluding carboxylic acids is 1. The number of benzene rings is 3. The zero-order chi connectivity index (χ0) is 23.9. The molecule has 172 valence electrons. The summed E-state index contributed by atoms with van der Waals surface area (Å²) in [5, 5.41) is 12.7. The molecule has 0 bridgehead atoms. The number of hydrogen-bond donors (Lipinski definition) is 2. The van der Waals surface area contributed by atoms with Gasteiger partial charge in [0.05, 0.1) is 0 Å². The van der Waals surface area contributed by atoms with Crippen molar-refractivity contribution in [1.82, 2.24) is 14.8 Å². The number of nitrogens with zero attached hydrogens (tertiary/aromatic N) is 3. The molecular weight excluding hydrogens is 494 g/mol. The van der Waals surface area contributed by atoms with Crippen LogP contribution in [-0.2, 0) is 16.6 Å². The van der Waals surface area contributed by atoms with E-state index in [4.69, 9.17) is 11.6 Å². The predicted molar refractivity (Wildman–Crippen MR) is 135 cm³/mol. The van der Waals surface area contributed by atoms with Crippen LogP contribution < -0.4 is 10.0 Å². The van der Waals surface area contributed by atoms with E-state index in [2.05, 4.69) is 31.7 Å². The number of aromatic nitrogens is 3. The highest BCUT2D eigenvalue weighted by molar-refractivity contribution is 7.94. The summed E-state index contributed by atoms with van der Waals surface area (Å²) < 4.78 is 30.4. The molecule has 2 aromatic heterocycles. The lowest BCUT2D eigenvalue weighted by molar-refractivity contribution is 0.102. The molecule has 2 heterocycles. The average molecular weight is 512 g/mol. The van der Waals surface area contributed by atoms with Crippen molar-refractivity contribution in [2.45, 2.75) is 17.8 Å². The molecule has 0 aliphatic carbocycles. The molecule has 11 heteroatoms. The van der Waals surface area contributed by atoms with Gasteiger partial charge < -0.3 is 4.57 Å². The number of anilines is 2. The maximum absolute atomic E-state index is 12.9. The molecule has 0 atom stereocenters. The summed E-state index contributed by atoms with van der Waals surface area (Å²) in [5.74, 6) is -0.442. The van der Waals surface area contributed by atoms with Gasteiger partial charge in [0.25, 0.3) is 20.3 Å². The number of fused-ring (bicyclic) bond motifs is 3. The van der Waals surface area contributed by atoms with Gasteiger partial charge in [0, 0.05) is 44.6 Å². The fraction of sp³-hybridized carbons (Fsp3) is 0.0870. The Morgan fingerprint density at radius 2 is 1.74 bits per heavy atom. The number of para-hydroxylation sites is 1. The Morgan fingerprint density at radius 3 is 2.50 bits per heavy atom. The minimum absolute atomic E-state index is 0.0711. The van der Waals surface area contributed by atoms with Crippen molar-refractivity contribution in [1.29, 1.82) is 0 Å². The lowest BCUT2D eigenvalue weighted by Crippen LogP contribution is -2.12. The highest BCUT2D eigenvalue weighted by Gasteiger charge is 2.22. The highest BCUT2D eigenvalue weighted by atomic mass is 35.5. The van der Waals surface area contributed by atoms with Crippen molar-refractivity contribution in [3.63, 3.8) is 0 Å². The molecule has 0 saturated heterocycles. The number of nitrogens with one attached hydrogen (secondary N) is 2. The van der Waals surface area contributed by atoms with E-state index in [0.717, 1.165) is 39.7 Å². The van der Waals surface area contributed by atoms with Crippen molar-refractivity contribution in [2.75, 3.05) is 10.0 Å². The Balaban J connectivity index is 1.40. The van der Waals surface area contributed by atoms with Gasteiger partial charge in [-0.25, -0.2) is 0 Å². The summed E-state index contributed by atoms with van der Waals surface area (Å²) in [5.41, 5.74) is 2.88. The predicted octanol–water partition coefficient (Wildman–Crippen LogP) is 5.37. The van der Waals surface area contributed by atoms with E-state index in [1.54, 1.807) is 30.3 Å². The van der Waals surface area contributed by atoms with E-state index < -0.39 is 15.9 Å². The van der Waals surface area contributed by atoms with Gasteiger partial charge in [-0.15, -0.1) is 10.2 Å². The lowest BCUT2D eigenvalue weighted by atomic mass is 10.1. The normalized spacial score (nSPS) is 11.7. The van der Waals surface area contributed by atoms with Gasteiger partial charge >= 0.3 is 0 Å². The van der Waals surface area contributed by atoms with E-state index in [1.165, 1.54) is 0 Å². The third-order valence-electron chi connectivity index (χ3n) is 5.30. The van der Waals surface area contributed by atoms with Crippen molar-refractivity contribution in [3.05, 3.63) is 77.3 Å². The summed E-state index contributed by atoms with van der Waals surface area (Å²) >= 11 is 6.60. The Bertz CT molecular complexity index is 1640. The highest BCUT2D eigenvalue weighted by Crippen LogP contribution is 2.32. The summed E-state index contributed by atoms with van der Waals surface area (Å²) in [6.45, 7) is 2.87. The number of carbonyl (C=O) groups is 1. The van der Waals surface area contributed by atoms with Crippen LogP contribution in [0.5, 0.6) is 0 Å². The van der Waals surface area contributed by atoms with Crippen LogP contribution in [0.25, 0.3) is 21.8 Å². The molecule has 1 amide bonds. The number of sulfonamides is 1. The molecule has 0 saturated carbocycles. The number of rotatable bonds is 6. The van der Waals surface area contributed by atoms with Gasteiger partial charge in [0.2, 0.25) is 5.13 Å². The molecule has 0 fully saturated rings. The van der Waals surface area contributed by atoms with Crippen LogP contribution in [0, 0.1) is 0 Å². The average Bonchev–Trinajstić information content (AvgIpc) is 3.42. The molecule has 0 aliphatic rings. The molecule has 0 radical (unpaired) electrons. The molecule has 5 rings (SSSR count). The number of aryl methyl sites for hydroxylation is 1. The van der Waals surface area contributed by atoms with Gasteiger partial charge in [-0.2, -0.15) is 8.42 Å². The first-order valence-electron chi connectivity index (χ1n) is 10.3. The molecule has 5 aromatic rings. The van der Waals surface area contributed by atoms with Crippen LogP contribution in [0.1, 0.15) is 17.3 Å². The zero-order valence-corrected chi connectivity index (χ0v) is 20.2. The summed E-state index contributed by atoms with van der Waals surface area (Å²) in [7, 11) is -4.00. The van der Waals surface area contributed by atoms with Crippen LogP contribution in [0.2, 0.25) is 5.02 Å². The van der Waals surface area contributed by atoms with Crippen molar-refractivity contribution >= 4 is 71.5 Å². The number of amides is 1. The van der Waals surface area contributed by atoms with Crippen LogP contribution in [0.15, 0.2) is 71.1 Å². The smallest absolute Gasteiger partial charge is 0.291 e. The molecule has 0 aliphatic heterocycles. The summed E-state index contributed by atoms with van der Waals surface area (Å²) in [6.07, 6.45) is 0. The Hall–Kier alpha value is -3.47. The van der Waals surface area contributed by atoms with Gasteiger partial charge in [-0.3, -0.25) is 14.8 Å². The Kier molecular flexibility index (Phi) is 5.72. The fourth-order valence-electron chi connectivity index (χ4n) is 3.80. The van der Waals surface area contributed by atoms with Crippen LogP contribution in [0.4, 0.5) is 10.8 Å². The van der Waals surface area contributed by atoms with Gasteiger partial charge in [-0.1, -0.05) is 41.1 Å². The fourth-order valence-corrected chi connectivity index (χ4v) is 5.87. The lowest BCUT2D eigenvalue weighted by Gasteiger charge is -2.06. The SMILES string of the molecule is CCn1c2ccccc2c2cc(NS(=O)(=O)c3nnc(NC(=O)c4ccc(Cl)cc4)s3)ccc21. The van der Waals surface area contributed by atoms with Crippen LogP contribution in [0.3, 0.4) is 0 Å². The van der Waals surface area contributed by atoms with Crippen LogP contribution in [-0.4, -0.2) is 29.1 Å². The standard InChI is InChI=1S/C23H18ClN5O3S2/c1-2-29-19-6-4-3-5-17(19)18-13-16(11-12-20(18)29)28-34(31,32)23-27-26-22(33-23)25-21(30)14-7-9-15(24)10-8-14/h3-13,28H,2H2,1H3,(H,25,26,30). The first-order valence-corrected chi connectivity index (χ1v) is 13.0. The van der Waals surface area contributed by atoms with E-state index in [0.29, 0.717) is 16.3 Å². The first kappa shape index (κ1) is 22.3. The molecule has 34 heavy (non-hydrogen) atoms.